The number of anilines is 2. The van der Waals surface area contributed by atoms with Crippen LogP contribution in [0.2, 0.25) is 0 Å². The molecule has 0 amide bonds. The lowest BCUT2D eigenvalue weighted by atomic mass is 10.1. The molecule has 0 aromatic heterocycles. The summed E-state index contributed by atoms with van der Waals surface area (Å²) in [5.74, 6) is 0.769. The molecule has 0 saturated heterocycles. The van der Waals surface area contributed by atoms with Crippen LogP contribution < -0.4 is 11.1 Å². The fourth-order valence-electron chi connectivity index (χ4n) is 1.67. The summed E-state index contributed by atoms with van der Waals surface area (Å²) in [6.07, 6.45) is 3.16. The minimum Gasteiger partial charge on any atom is -0.462 e. The molecule has 0 aliphatic heterocycles. The number of benzene rings is 1. The molecular weight excluding hydrogens is 260 g/mol. The van der Waals surface area contributed by atoms with Crippen LogP contribution in [-0.4, -0.2) is 30.6 Å². The van der Waals surface area contributed by atoms with E-state index in [0.717, 1.165) is 17.9 Å². The summed E-state index contributed by atoms with van der Waals surface area (Å²) >= 11 is 1.82. The van der Waals surface area contributed by atoms with Crippen LogP contribution in [0.1, 0.15) is 30.6 Å². The Bertz CT molecular complexity index is 424. The Kier molecular flexibility index (Phi) is 6.56. The summed E-state index contributed by atoms with van der Waals surface area (Å²) in [6.45, 7) is 4.27. The van der Waals surface area contributed by atoms with E-state index in [1.54, 1.807) is 19.1 Å². The molecule has 0 heterocycles. The average molecular weight is 282 g/mol. The van der Waals surface area contributed by atoms with Crippen LogP contribution in [0, 0.1) is 0 Å². The first kappa shape index (κ1) is 15.7. The second-order valence-corrected chi connectivity index (χ2v) is 5.33. The molecule has 5 heteroatoms. The Morgan fingerprint density at radius 1 is 1.53 bits per heavy atom. The van der Waals surface area contributed by atoms with Gasteiger partial charge in [0.15, 0.2) is 0 Å². The predicted octanol–water partition coefficient (Wildman–Crippen LogP) is 3.00. The van der Waals surface area contributed by atoms with E-state index >= 15 is 0 Å². The molecule has 1 rings (SSSR count). The fourth-order valence-corrected chi connectivity index (χ4v) is 2.26. The Balaban J connectivity index is 2.69. The molecule has 0 aliphatic carbocycles. The van der Waals surface area contributed by atoms with Gasteiger partial charge in [-0.15, -0.1) is 0 Å². The molecule has 106 valence electrons. The lowest BCUT2D eigenvalue weighted by Gasteiger charge is -2.16. The number of rotatable bonds is 7. The van der Waals surface area contributed by atoms with Crippen LogP contribution in [0.25, 0.3) is 0 Å². The molecule has 0 aliphatic rings. The molecule has 4 nitrogen and oxygen atoms in total. The number of thioether (sulfide) groups is 1. The molecule has 1 unspecified atom stereocenters. The van der Waals surface area contributed by atoms with E-state index in [1.165, 1.54) is 0 Å². The SMILES string of the molecule is CCOC(=O)c1ccc(NC(C)CCSC)c(N)c1. The molecule has 0 saturated carbocycles. The number of hydrogen-bond donors (Lipinski definition) is 2. The summed E-state index contributed by atoms with van der Waals surface area (Å²) in [6, 6.07) is 5.57. The van der Waals surface area contributed by atoms with Crippen LogP contribution in [0.3, 0.4) is 0 Å². The number of esters is 1. The van der Waals surface area contributed by atoms with E-state index in [-0.39, 0.29) is 5.97 Å². The molecule has 1 aromatic rings. The van der Waals surface area contributed by atoms with Gasteiger partial charge >= 0.3 is 5.97 Å². The Morgan fingerprint density at radius 2 is 2.26 bits per heavy atom. The first-order chi connectivity index (χ1) is 9.08. The number of hydrogen-bond acceptors (Lipinski definition) is 5. The highest BCUT2D eigenvalue weighted by Gasteiger charge is 2.10. The van der Waals surface area contributed by atoms with Crippen LogP contribution >= 0.6 is 11.8 Å². The van der Waals surface area contributed by atoms with Crippen molar-refractivity contribution in [3.63, 3.8) is 0 Å². The van der Waals surface area contributed by atoms with Gasteiger partial charge in [-0.05, 0) is 50.5 Å². The Morgan fingerprint density at radius 3 is 2.84 bits per heavy atom. The number of nitrogens with one attached hydrogen (secondary N) is 1. The lowest BCUT2D eigenvalue weighted by Crippen LogP contribution is -2.17. The zero-order valence-electron chi connectivity index (χ0n) is 11.7. The summed E-state index contributed by atoms with van der Waals surface area (Å²) in [5, 5.41) is 3.35. The predicted molar refractivity (Wildman–Crippen MR) is 82.9 cm³/mol. The van der Waals surface area contributed by atoms with Gasteiger partial charge in [0.2, 0.25) is 0 Å². The van der Waals surface area contributed by atoms with Crippen molar-refractivity contribution < 1.29 is 9.53 Å². The van der Waals surface area contributed by atoms with E-state index in [4.69, 9.17) is 10.5 Å². The van der Waals surface area contributed by atoms with Crippen molar-refractivity contribution in [3.8, 4) is 0 Å². The van der Waals surface area contributed by atoms with Gasteiger partial charge in [0.1, 0.15) is 0 Å². The Labute approximate surface area is 119 Å². The lowest BCUT2D eigenvalue weighted by molar-refractivity contribution is 0.0526. The van der Waals surface area contributed by atoms with Crippen molar-refractivity contribution in [1.82, 2.24) is 0 Å². The number of ether oxygens (including phenoxy) is 1. The third-order valence-electron chi connectivity index (χ3n) is 2.72. The van der Waals surface area contributed by atoms with Gasteiger partial charge in [-0.3, -0.25) is 0 Å². The van der Waals surface area contributed by atoms with E-state index in [9.17, 15) is 4.79 Å². The van der Waals surface area contributed by atoms with Crippen molar-refractivity contribution in [1.29, 1.82) is 0 Å². The van der Waals surface area contributed by atoms with E-state index in [0.29, 0.717) is 23.9 Å². The summed E-state index contributed by atoms with van der Waals surface area (Å²) in [4.78, 5) is 11.6. The van der Waals surface area contributed by atoms with Crippen LogP contribution in [0.5, 0.6) is 0 Å². The van der Waals surface area contributed by atoms with Gasteiger partial charge in [-0.25, -0.2) is 4.79 Å². The summed E-state index contributed by atoms with van der Waals surface area (Å²) < 4.78 is 4.94. The molecule has 0 fully saturated rings. The zero-order valence-corrected chi connectivity index (χ0v) is 12.5. The first-order valence-corrected chi connectivity index (χ1v) is 7.80. The van der Waals surface area contributed by atoms with Crippen molar-refractivity contribution in [2.24, 2.45) is 0 Å². The largest absolute Gasteiger partial charge is 0.462 e. The molecule has 0 bridgehead atoms. The average Bonchev–Trinajstić information content (AvgIpc) is 2.39. The topological polar surface area (TPSA) is 64.3 Å². The highest BCUT2D eigenvalue weighted by molar-refractivity contribution is 7.98. The molecule has 1 atom stereocenters. The van der Waals surface area contributed by atoms with Crippen molar-refractivity contribution in [2.45, 2.75) is 26.3 Å². The van der Waals surface area contributed by atoms with Crippen molar-refractivity contribution in [3.05, 3.63) is 23.8 Å². The fraction of sp³-hybridized carbons (Fsp3) is 0.500. The third-order valence-corrected chi connectivity index (χ3v) is 3.36. The van der Waals surface area contributed by atoms with Crippen molar-refractivity contribution >= 4 is 29.1 Å². The molecule has 3 N–H and O–H groups in total. The highest BCUT2D eigenvalue weighted by Crippen LogP contribution is 2.22. The summed E-state index contributed by atoms with van der Waals surface area (Å²) in [5.41, 5.74) is 7.88. The van der Waals surface area contributed by atoms with E-state index in [2.05, 4.69) is 18.5 Å². The molecule has 0 spiro atoms. The maximum atomic E-state index is 11.6. The van der Waals surface area contributed by atoms with E-state index < -0.39 is 0 Å². The van der Waals surface area contributed by atoms with E-state index in [1.807, 2.05) is 17.8 Å². The van der Waals surface area contributed by atoms with Crippen molar-refractivity contribution in [2.75, 3.05) is 29.7 Å². The van der Waals surface area contributed by atoms with Gasteiger partial charge in [0.25, 0.3) is 0 Å². The Hall–Kier alpha value is -1.36. The van der Waals surface area contributed by atoms with Gasteiger partial charge < -0.3 is 15.8 Å². The normalized spacial score (nSPS) is 11.9. The maximum absolute atomic E-state index is 11.6. The number of nitrogen functional groups attached to an aromatic ring is 1. The summed E-state index contributed by atoms with van der Waals surface area (Å²) in [7, 11) is 0. The number of nitrogens with two attached hydrogens (primary N) is 1. The quantitative estimate of drug-likeness (QED) is 0.594. The number of carbonyl (C=O) groups excluding carboxylic acids is 1. The van der Waals surface area contributed by atoms with Crippen LogP contribution in [0.4, 0.5) is 11.4 Å². The molecule has 1 aromatic carbocycles. The smallest absolute Gasteiger partial charge is 0.338 e. The van der Waals surface area contributed by atoms with Gasteiger partial charge in [-0.2, -0.15) is 11.8 Å². The van der Waals surface area contributed by atoms with Crippen LogP contribution in [0.15, 0.2) is 18.2 Å². The second kappa shape index (κ2) is 7.94. The molecular formula is C14H22N2O2S. The highest BCUT2D eigenvalue weighted by atomic mass is 32.2. The molecule has 19 heavy (non-hydrogen) atoms. The standard InChI is InChI=1S/C14H22N2O2S/c1-4-18-14(17)11-5-6-13(12(15)9-11)16-10(2)7-8-19-3/h5-6,9-10,16H,4,7-8,15H2,1-3H3. The minimum atomic E-state index is -0.337. The second-order valence-electron chi connectivity index (χ2n) is 4.35. The zero-order chi connectivity index (χ0) is 14.3. The van der Waals surface area contributed by atoms with Gasteiger partial charge in [0.05, 0.1) is 23.5 Å². The third kappa shape index (κ3) is 5.03. The minimum absolute atomic E-state index is 0.337. The van der Waals surface area contributed by atoms with Crippen LogP contribution in [-0.2, 0) is 4.74 Å². The van der Waals surface area contributed by atoms with Gasteiger partial charge in [0, 0.05) is 6.04 Å². The monoisotopic (exact) mass is 282 g/mol. The number of carbonyl (C=O) groups is 1. The first-order valence-electron chi connectivity index (χ1n) is 6.40. The van der Waals surface area contributed by atoms with Gasteiger partial charge in [-0.1, -0.05) is 0 Å². The molecule has 0 radical (unpaired) electrons. The maximum Gasteiger partial charge on any atom is 0.338 e.